The molecular weight excluding hydrogens is 232 g/mol. The molecule has 0 fully saturated rings. The lowest BCUT2D eigenvalue weighted by atomic mass is 10.1. The van der Waals surface area contributed by atoms with E-state index in [1.165, 1.54) is 0 Å². The van der Waals surface area contributed by atoms with Gasteiger partial charge in [0.15, 0.2) is 0 Å². The van der Waals surface area contributed by atoms with Crippen molar-refractivity contribution < 1.29 is 14.7 Å². The maximum Gasteiger partial charge on any atom is 0.303 e. The van der Waals surface area contributed by atoms with E-state index in [4.69, 9.17) is 10.8 Å². The van der Waals surface area contributed by atoms with E-state index in [0.717, 1.165) is 17.7 Å². The molecule has 0 bridgehead atoms. The number of carbonyl (C=O) groups is 2. The van der Waals surface area contributed by atoms with Crippen LogP contribution in [-0.4, -0.2) is 29.6 Å². The maximum atomic E-state index is 12.1. The number of rotatable bonds is 4. The molecule has 1 aromatic rings. The van der Waals surface area contributed by atoms with E-state index in [-0.39, 0.29) is 18.7 Å². The smallest absolute Gasteiger partial charge is 0.303 e. The number of carboxylic acids is 1. The zero-order valence-corrected chi connectivity index (χ0v) is 10.0. The number of aliphatic carboxylic acids is 1. The second-order valence-electron chi connectivity index (χ2n) is 4.41. The van der Waals surface area contributed by atoms with Crippen LogP contribution in [0.1, 0.15) is 18.4 Å². The van der Waals surface area contributed by atoms with Crippen LogP contribution in [0.2, 0.25) is 0 Å². The van der Waals surface area contributed by atoms with Crippen molar-refractivity contribution in [2.45, 2.75) is 25.3 Å². The third-order valence-corrected chi connectivity index (χ3v) is 3.14. The number of amides is 1. The Bertz CT molecular complexity index is 473. The summed E-state index contributed by atoms with van der Waals surface area (Å²) in [6, 6.07) is 6.96. The van der Waals surface area contributed by atoms with Gasteiger partial charge in [0, 0.05) is 18.7 Å². The molecule has 1 atom stereocenters. The molecule has 0 aromatic heterocycles. The molecule has 5 heteroatoms. The summed E-state index contributed by atoms with van der Waals surface area (Å²) in [5.74, 6) is -1.12. The molecule has 0 aliphatic carbocycles. The van der Waals surface area contributed by atoms with Crippen molar-refractivity contribution >= 4 is 17.6 Å². The van der Waals surface area contributed by atoms with E-state index < -0.39 is 12.0 Å². The number of fused-ring (bicyclic) bond motifs is 1. The van der Waals surface area contributed by atoms with Crippen molar-refractivity contribution in [3.8, 4) is 0 Å². The lowest BCUT2D eigenvalue weighted by Gasteiger charge is -2.21. The standard InChI is InChI=1S/C13H16N2O3/c14-10(5-6-12(16)17)13(18)15-8-7-9-3-1-2-4-11(9)15/h1-4,10H,5-8,14H2,(H,16,17). The van der Waals surface area contributed by atoms with Crippen LogP contribution in [0.5, 0.6) is 0 Å². The van der Waals surface area contributed by atoms with Crippen LogP contribution in [0.15, 0.2) is 24.3 Å². The van der Waals surface area contributed by atoms with E-state index in [9.17, 15) is 9.59 Å². The third-order valence-electron chi connectivity index (χ3n) is 3.14. The minimum Gasteiger partial charge on any atom is -0.481 e. The molecule has 0 spiro atoms. The van der Waals surface area contributed by atoms with Gasteiger partial charge in [-0.3, -0.25) is 9.59 Å². The van der Waals surface area contributed by atoms with E-state index >= 15 is 0 Å². The van der Waals surface area contributed by atoms with Gasteiger partial charge < -0.3 is 15.7 Å². The quantitative estimate of drug-likeness (QED) is 0.824. The molecule has 1 heterocycles. The number of para-hydroxylation sites is 1. The fourth-order valence-corrected chi connectivity index (χ4v) is 2.17. The van der Waals surface area contributed by atoms with Crippen LogP contribution in [0.25, 0.3) is 0 Å². The summed E-state index contributed by atoms with van der Waals surface area (Å²) in [7, 11) is 0. The Morgan fingerprint density at radius 3 is 2.83 bits per heavy atom. The van der Waals surface area contributed by atoms with Gasteiger partial charge in [0.25, 0.3) is 0 Å². The second kappa shape index (κ2) is 5.18. The van der Waals surface area contributed by atoms with Gasteiger partial charge in [-0.15, -0.1) is 0 Å². The third kappa shape index (κ3) is 2.51. The number of benzene rings is 1. The van der Waals surface area contributed by atoms with Crippen LogP contribution >= 0.6 is 0 Å². The van der Waals surface area contributed by atoms with Crippen molar-refractivity contribution in [3.05, 3.63) is 29.8 Å². The number of carbonyl (C=O) groups excluding carboxylic acids is 1. The number of hydrogen-bond acceptors (Lipinski definition) is 3. The van der Waals surface area contributed by atoms with Crippen LogP contribution in [0, 0.1) is 0 Å². The van der Waals surface area contributed by atoms with E-state index in [1.807, 2.05) is 24.3 Å². The number of nitrogens with two attached hydrogens (primary N) is 1. The van der Waals surface area contributed by atoms with Gasteiger partial charge in [-0.2, -0.15) is 0 Å². The molecule has 0 saturated carbocycles. The number of carboxylic acid groups (broad SMARTS) is 1. The molecule has 1 unspecified atom stereocenters. The molecule has 0 radical (unpaired) electrons. The monoisotopic (exact) mass is 248 g/mol. The molecule has 2 rings (SSSR count). The van der Waals surface area contributed by atoms with Crippen LogP contribution in [0.4, 0.5) is 5.69 Å². The molecule has 5 nitrogen and oxygen atoms in total. The van der Waals surface area contributed by atoms with Crippen molar-refractivity contribution in [3.63, 3.8) is 0 Å². The molecule has 3 N–H and O–H groups in total. The first kappa shape index (κ1) is 12.6. The summed E-state index contributed by atoms with van der Waals surface area (Å²) in [4.78, 5) is 24.2. The minimum absolute atomic E-state index is 0.0810. The van der Waals surface area contributed by atoms with Crippen molar-refractivity contribution in [2.24, 2.45) is 5.73 Å². The summed E-state index contributed by atoms with van der Waals surface area (Å²) in [6.07, 6.45) is 0.919. The van der Waals surface area contributed by atoms with Gasteiger partial charge in [-0.1, -0.05) is 18.2 Å². The Hall–Kier alpha value is -1.88. The van der Waals surface area contributed by atoms with Gasteiger partial charge in [0.2, 0.25) is 5.91 Å². The average Bonchev–Trinajstić information content (AvgIpc) is 2.78. The Morgan fingerprint density at radius 1 is 1.39 bits per heavy atom. The van der Waals surface area contributed by atoms with Crippen LogP contribution in [-0.2, 0) is 16.0 Å². The summed E-state index contributed by atoms with van der Waals surface area (Å²) < 4.78 is 0. The van der Waals surface area contributed by atoms with E-state index in [1.54, 1.807) is 4.90 Å². The Balaban J connectivity index is 2.05. The molecule has 1 aromatic carbocycles. The highest BCUT2D eigenvalue weighted by Gasteiger charge is 2.28. The summed E-state index contributed by atoms with van der Waals surface area (Å²) in [5, 5.41) is 8.59. The first-order valence-corrected chi connectivity index (χ1v) is 5.96. The Morgan fingerprint density at radius 2 is 2.11 bits per heavy atom. The fraction of sp³-hybridized carbons (Fsp3) is 0.385. The Kier molecular flexibility index (Phi) is 3.62. The zero-order chi connectivity index (χ0) is 13.1. The summed E-state index contributed by atoms with van der Waals surface area (Å²) in [6.45, 7) is 0.624. The van der Waals surface area contributed by atoms with Gasteiger partial charge in [0.05, 0.1) is 6.04 Å². The predicted molar refractivity (Wildman–Crippen MR) is 67.3 cm³/mol. The topological polar surface area (TPSA) is 83.6 Å². The van der Waals surface area contributed by atoms with Crippen LogP contribution in [0.3, 0.4) is 0 Å². The molecule has 1 amide bonds. The first-order valence-electron chi connectivity index (χ1n) is 5.96. The highest BCUT2D eigenvalue weighted by Crippen LogP contribution is 2.27. The van der Waals surface area contributed by atoms with Gasteiger partial charge in [-0.05, 0) is 24.5 Å². The van der Waals surface area contributed by atoms with Gasteiger partial charge in [0.1, 0.15) is 0 Å². The van der Waals surface area contributed by atoms with Crippen molar-refractivity contribution in [2.75, 3.05) is 11.4 Å². The lowest BCUT2D eigenvalue weighted by molar-refractivity contribution is -0.137. The largest absolute Gasteiger partial charge is 0.481 e. The van der Waals surface area contributed by atoms with Crippen molar-refractivity contribution in [1.29, 1.82) is 0 Å². The van der Waals surface area contributed by atoms with Gasteiger partial charge in [-0.25, -0.2) is 0 Å². The molecule has 0 saturated heterocycles. The van der Waals surface area contributed by atoms with Crippen LogP contribution < -0.4 is 10.6 Å². The van der Waals surface area contributed by atoms with Crippen molar-refractivity contribution in [1.82, 2.24) is 0 Å². The number of anilines is 1. The fourth-order valence-electron chi connectivity index (χ4n) is 2.17. The molecule has 18 heavy (non-hydrogen) atoms. The normalized spacial score (nSPS) is 15.3. The average molecular weight is 248 g/mol. The Labute approximate surface area is 105 Å². The summed E-state index contributed by atoms with van der Waals surface area (Å²) in [5.41, 5.74) is 7.78. The maximum absolute atomic E-state index is 12.1. The predicted octanol–water partition coefficient (Wildman–Crippen LogP) is 0.768. The zero-order valence-electron chi connectivity index (χ0n) is 10.0. The summed E-state index contributed by atoms with van der Waals surface area (Å²) >= 11 is 0. The highest BCUT2D eigenvalue weighted by atomic mass is 16.4. The van der Waals surface area contributed by atoms with E-state index in [2.05, 4.69) is 0 Å². The minimum atomic E-state index is -0.930. The second-order valence-corrected chi connectivity index (χ2v) is 4.41. The van der Waals surface area contributed by atoms with E-state index in [0.29, 0.717) is 6.54 Å². The molecular formula is C13H16N2O3. The number of nitrogens with zero attached hydrogens (tertiary/aromatic N) is 1. The first-order chi connectivity index (χ1) is 8.59. The molecule has 96 valence electrons. The lowest BCUT2D eigenvalue weighted by Crippen LogP contribution is -2.43. The van der Waals surface area contributed by atoms with Gasteiger partial charge >= 0.3 is 5.97 Å². The molecule has 1 aliphatic rings. The molecule has 1 aliphatic heterocycles. The SMILES string of the molecule is NC(CCC(=O)O)C(=O)N1CCc2ccccc21. The number of hydrogen-bond donors (Lipinski definition) is 2. The highest BCUT2D eigenvalue weighted by molar-refractivity contribution is 5.99.